The van der Waals surface area contributed by atoms with Crippen molar-refractivity contribution in [2.24, 2.45) is 0 Å². The number of nitrogens with zero attached hydrogens (tertiary/aromatic N) is 2. The summed E-state index contributed by atoms with van der Waals surface area (Å²) in [5, 5.41) is 0. The standard InChI is InChI=1S/C14H11N3O2/c18-7-11-6-15-13-12(11)16-9-17-14(13)19-8-10-4-2-1-3-5-10/h1-7,9,15H,8H2. The molecule has 0 fully saturated rings. The van der Waals surface area contributed by atoms with Gasteiger partial charge in [0.05, 0.1) is 5.56 Å². The highest BCUT2D eigenvalue weighted by Gasteiger charge is 2.10. The van der Waals surface area contributed by atoms with Crippen molar-refractivity contribution in [3.05, 3.63) is 54.0 Å². The lowest BCUT2D eigenvalue weighted by atomic mass is 10.2. The number of aromatic nitrogens is 3. The van der Waals surface area contributed by atoms with Crippen LogP contribution in [0.15, 0.2) is 42.9 Å². The van der Waals surface area contributed by atoms with Gasteiger partial charge in [0.15, 0.2) is 6.29 Å². The van der Waals surface area contributed by atoms with E-state index in [1.54, 1.807) is 6.20 Å². The summed E-state index contributed by atoms with van der Waals surface area (Å²) in [6, 6.07) is 9.81. The van der Waals surface area contributed by atoms with Gasteiger partial charge in [-0.2, -0.15) is 4.98 Å². The molecular weight excluding hydrogens is 242 g/mol. The van der Waals surface area contributed by atoms with Crippen LogP contribution < -0.4 is 4.74 Å². The van der Waals surface area contributed by atoms with Crippen molar-refractivity contribution >= 4 is 17.3 Å². The second-order valence-electron chi connectivity index (χ2n) is 4.04. The molecular formula is C14H11N3O2. The van der Waals surface area contributed by atoms with E-state index in [2.05, 4.69) is 15.0 Å². The maximum absolute atomic E-state index is 10.9. The zero-order valence-corrected chi connectivity index (χ0v) is 10.0. The van der Waals surface area contributed by atoms with Crippen LogP contribution in [-0.4, -0.2) is 21.2 Å². The Kier molecular flexibility index (Phi) is 2.94. The Balaban J connectivity index is 1.89. The molecule has 5 heteroatoms. The van der Waals surface area contributed by atoms with E-state index in [4.69, 9.17) is 4.74 Å². The first kappa shape index (κ1) is 11.4. The fourth-order valence-corrected chi connectivity index (χ4v) is 1.86. The highest BCUT2D eigenvalue weighted by molar-refractivity contribution is 5.96. The largest absolute Gasteiger partial charge is 0.471 e. The van der Waals surface area contributed by atoms with Crippen molar-refractivity contribution < 1.29 is 9.53 Å². The molecule has 0 aliphatic rings. The number of aldehydes is 1. The lowest BCUT2D eigenvalue weighted by Crippen LogP contribution is -1.98. The van der Waals surface area contributed by atoms with E-state index in [1.807, 2.05) is 30.3 Å². The molecule has 0 bridgehead atoms. The zero-order chi connectivity index (χ0) is 13.1. The van der Waals surface area contributed by atoms with E-state index < -0.39 is 0 Å². The summed E-state index contributed by atoms with van der Waals surface area (Å²) in [4.78, 5) is 22.0. The smallest absolute Gasteiger partial charge is 0.241 e. The lowest BCUT2D eigenvalue weighted by Gasteiger charge is -2.05. The van der Waals surface area contributed by atoms with E-state index in [0.717, 1.165) is 11.8 Å². The minimum Gasteiger partial charge on any atom is -0.471 e. The van der Waals surface area contributed by atoms with E-state index in [1.165, 1.54) is 6.33 Å². The Morgan fingerprint density at radius 3 is 2.84 bits per heavy atom. The quantitative estimate of drug-likeness (QED) is 0.725. The number of fused-ring (bicyclic) bond motifs is 1. The predicted octanol–water partition coefficient (Wildman–Crippen LogP) is 2.35. The molecule has 0 aliphatic heterocycles. The minimum absolute atomic E-state index is 0.419. The summed E-state index contributed by atoms with van der Waals surface area (Å²) in [5.74, 6) is 0.446. The SMILES string of the molecule is O=Cc1c[nH]c2c(OCc3ccccc3)ncnc12. The molecule has 0 spiro atoms. The number of nitrogens with one attached hydrogen (secondary N) is 1. The molecule has 0 saturated carbocycles. The molecule has 94 valence electrons. The predicted molar refractivity (Wildman–Crippen MR) is 70.1 cm³/mol. The Morgan fingerprint density at radius 2 is 2.05 bits per heavy atom. The average Bonchev–Trinajstić information content (AvgIpc) is 2.90. The summed E-state index contributed by atoms with van der Waals surface area (Å²) >= 11 is 0. The lowest BCUT2D eigenvalue weighted by molar-refractivity contribution is 0.112. The summed E-state index contributed by atoms with van der Waals surface area (Å²) in [6.45, 7) is 0.419. The second-order valence-corrected chi connectivity index (χ2v) is 4.04. The van der Waals surface area contributed by atoms with Crippen LogP contribution in [0, 0.1) is 0 Å². The third kappa shape index (κ3) is 2.18. The van der Waals surface area contributed by atoms with Gasteiger partial charge < -0.3 is 9.72 Å². The molecule has 3 aromatic rings. The van der Waals surface area contributed by atoms with Crippen molar-refractivity contribution in [3.63, 3.8) is 0 Å². The number of hydrogen-bond donors (Lipinski definition) is 1. The molecule has 0 radical (unpaired) electrons. The fourth-order valence-electron chi connectivity index (χ4n) is 1.86. The van der Waals surface area contributed by atoms with Gasteiger partial charge in [-0.1, -0.05) is 30.3 Å². The maximum atomic E-state index is 10.9. The molecule has 0 atom stereocenters. The Morgan fingerprint density at radius 1 is 1.21 bits per heavy atom. The van der Waals surface area contributed by atoms with Crippen LogP contribution in [0.4, 0.5) is 0 Å². The molecule has 3 rings (SSSR count). The van der Waals surface area contributed by atoms with E-state index in [9.17, 15) is 4.79 Å². The fraction of sp³-hybridized carbons (Fsp3) is 0.0714. The van der Waals surface area contributed by atoms with Gasteiger partial charge in [0.25, 0.3) is 0 Å². The number of rotatable bonds is 4. The van der Waals surface area contributed by atoms with Crippen molar-refractivity contribution in [1.82, 2.24) is 15.0 Å². The number of carbonyl (C=O) groups excluding carboxylic acids is 1. The van der Waals surface area contributed by atoms with Gasteiger partial charge in [-0.05, 0) is 5.56 Å². The van der Waals surface area contributed by atoms with Crippen LogP contribution in [0.1, 0.15) is 15.9 Å². The first-order valence-corrected chi connectivity index (χ1v) is 5.82. The summed E-state index contributed by atoms with van der Waals surface area (Å²) in [6.07, 6.45) is 3.75. The number of aromatic amines is 1. The summed E-state index contributed by atoms with van der Waals surface area (Å²) in [7, 11) is 0. The van der Waals surface area contributed by atoms with Gasteiger partial charge in [-0.3, -0.25) is 4.79 Å². The molecule has 19 heavy (non-hydrogen) atoms. The Labute approximate surface area is 109 Å². The molecule has 0 aliphatic carbocycles. The van der Waals surface area contributed by atoms with E-state index in [0.29, 0.717) is 29.1 Å². The van der Waals surface area contributed by atoms with Crippen molar-refractivity contribution in [3.8, 4) is 5.88 Å². The van der Waals surface area contributed by atoms with Crippen LogP contribution in [0.3, 0.4) is 0 Å². The van der Waals surface area contributed by atoms with Crippen molar-refractivity contribution in [2.75, 3.05) is 0 Å². The van der Waals surface area contributed by atoms with Gasteiger partial charge >= 0.3 is 0 Å². The number of carbonyl (C=O) groups is 1. The molecule has 0 saturated heterocycles. The first-order valence-electron chi connectivity index (χ1n) is 5.82. The van der Waals surface area contributed by atoms with Crippen LogP contribution in [0.25, 0.3) is 11.0 Å². The van der Waals surface area contributed by atoms with Crippen molar-refractivity contribution in [2.45, 2.75) is 6.61 Å². The van der Waals surface area contributed by atoms with E-state index >= 15 is 0 Å². The molecule has 0 unspecified atom stereocenters. The molecule has 0 amide bonds. The summed E-state index contributed by atoms with van der Waals surface area (Å²) in [5.41, 5.74) is 2.77. The minimum atomic E-state index is 0.419. The molecule has 2 heterocycles. The summed E-state index contributed by atoms with van der Waals surface area (Å²) < 4.78 is 5.66. The first-order chi connectivity index (χ1) is 9.38. The van der Waals surface area contributed by atoms with Crippen LogP contribution >= 0.6 is 0 Å². The highest BCUT2D eigenvalue weighted by atomic mass is 16.5. The number of ether oxygens (including phenoxy) is 1. The van der Waals surface area contributed by atoms with Crippen LogP contribution in [0.2, 0.25) is 0 Å². The second kappa shape index (κ2) is 4.89. The van der Waals surface area contributed by atoms with Crippen LogP contribution in [-0.2, 0) is 6.61 Å². The van der Waals surface area contributed by atoms with Crippen molar-refractivity contribution in [1.29, 1.82) is 0 Å². The highest BCUT2D eigenvalue weighted by Crippen LogP contribution is 2.22. The number of hydrogen-bond acceptors (Lipinski definition) is 4. The topological polar surface area (TPSA) is 67.9 Å². The van der Waals surface area contributed by atoms with Gasteiger partial charge in [-0.15, -0.1) is 0 Å². The third-order valence-electron chi connectivity index (χ3n) is 2.80. The Bertz CT molecular complexity index is 707. The average molecular weight is 253 g/mol. The van der Waals surface area contributed by atoms with E-state index in [-0.39, 0.29) is 0 Å². The Hall–Kier alpha value is -2.69. The molecule has 1 N–H and O–H groups in total. The van der Waals surface area contributed by atoms with Crippen LogP contribution in [0.5, 0.6) is 5.88 Å². The molecule has 2 aromatic heterocycles. The van der Waals surface area contributed by atoms with Gasteiger partial charge in [-0.25, -0.2) is 4.98 Å². The zero-order valence-electron chi connectivity index (χ0n) is 10.0. The number of H-pyrrole nitrogens is 1. The molecule has 1 aromatic carbocycles. The van der Waals surface area contributed by atoms with Gasteiger partial charge in [0.1, 0.15) is 24.0 Å². The normalized spacial score (nSPS) is 10.5. The molecule has 5 nitrogen and oxygen atoms in total. The monoisotopic (exact) mass is 253 g/mol. The van der Waals surface area contributed by atoms with Gasteiger partial charge in [0.2, 0.25) is 5.88 Å². The number of benzene rings is 1. The third-order valence-corrected chi connectivity index (χ3v) is 2.80. The maximum Gasteiger partial charge on any atom is 0.241 e. The van der Waals surface area contributed by atoms with Gasteiger partial charge in [0, 0.05) is 6.20 Å².